The zero-order valence-electron chi connectivity index (χ0n) is 11.9. The predicted octanol–water partition coefficient (Wildman–Crippen LogP) is 3.24. The second-order valence-corrected chi connectivity index (χ2v) is 4.55. The molecule has 3 heteroatoms. The molecule has 0 aliphatic carbocycles. The van der Waals surface area contributed by atoms with Gasteiger partial charge in [-0.25, -0.2) is 0 Å². The van der Waals surface area contributed by atoms with Crippen molar-refractivity contribution in [2.24, 2.45) is 0 Å². The van der Waals surface area contributed by atoms with Crippen molar-refractivity contribution in [2.75, 3.05) is 13.2 Å². The molecule has 1 rings (SSSR count). The molecule has 0 aromatic heterocycles. The predicted molar refractivity (Wildman–Crippen MR) is 75.5 cm³/mol. The highest BCUT2D eigenvalue weighted by atomic mass is 16.5. The summed E-state index contributed by atoms with van der Waals surface area (Å²) in [5.74, 6) is 1.72. The fourth-order valence-corrected chi connectivity index (χ4v) is 1.59. The Kier molecular flexibility index (Phi) is 6.58. The molecule has 0 amide bonds. The summed E-state index contributed by atoms with van der Waals surface area (Å²) in [7, 11) is 0. The van der Waals surface area contributed by atoms with Gasteiger partial charge in [-0.15, -0.1) is 0 Å². The van der Waals surface area contributed by atoms with Crippen molar-refractivity contribution >= 4 is 0 Å². The lowest BCUT2D eigenvalue weighted by atomic mass is 10.2. The molecule has 0 heterocycles. The van der Waals surface area contributed by atoms with E-state index >= 15 is 0 Å². The number of benzene rings is 1. The lowest BCUT2D eigenvalue weighted by Crippen LogP contribution is -2.34. The summed E-state index contributed by atoms with van der Waals surface area (Å²) in [4.78, 5) is 0. The van der Waals surface area contributed by atoms with Crippen LogP contribution in [0.2, 0.25) is 0 Å². The minimum absolute atomic E-state index is 0.149. The molecule has 0 spiro atoms. The van der Waals surface area contributed by atoms with Crippen molar-refractivity contribution in [3.63, 3.8) is 0 Å². The van der Waals surface area contributed by atoms with Gasteiger partial charge in [0.2, 0.25) is 0 Å². The molecule has 3 nitrogen and oxygen atoms in total. The van der Waals surface area contributed by atoms with E-state index in [0.29, 0.717) is 12.6 Å². The van der Waals surface area contributed by atoms with Gasteiger partial charge >= 0.3 is 0 Å². The maximum absolute atomic E-state index is 5.85. The largest absolute Gasteiger partial charge is 0.494 e. The molecule has 18 heavy (non-hydrogen) atoms. The van der Waals surface area contributed by atoms with Crippen LogP contribution in [-0.2, 0) is 0 Å². The maximum atomic E-state index is 5.85. The van der Waals surface area contributed by atoms with Crippen LogP contribution in [0.4, 0.5) is 0 Å². The van der Waals surface area contributed by atoms with E-state index < -0.39 is 0 Å². The van der Waals surface area contributed by atoms with Gasteiger partial charge in [-0.1, -0.05) is 13.0 Å². The minimum Gasteiger partial charge on any atom is -0.494 e. The Morgan fingerprint density at radius 1 is 1.17 bits per heavy atom. The zero-order valence-corrected chi connectivity index (χ0v) is 11.9. The molecular formula is C15H25NO2. The summed E-state index contributed by atoms with van der Waals surface area (Å²) in [6, 6.07) is 8.32. The molecule has 0 fully saturated rings. The van der Waals surface area contributed by atoms with E-state index in [1.807, 2.05) is 31.2 Å². The van der Waals surface area contributed by atoms with E-state index in [1.165, 1.54) is 0 Å². The molecule has 2 unspecified atom stereocenters. The first-order chi connectivity index (χ1) is 8.65. The third-order valence-corrected chi connectivity index (χ3v) is 2.82. The van der Waals surface area contributed by atoms with Crippen LogP contribution in [0.1, 0.15) is 34.1 Å². The fraction of sp³-hybridized carbons (Fsp3) is 0.600. The van der Waals surface area contributed by atoms with Crippen LogP contribution in [0.5, 0.6) is 11.5 Å². The van der Waals surface area contributed by atoms with Crippen LogP contribution in [0, 0.1) is 0 Å². The van der Waals surface area contributed by atoms with Crippen LogP contribution < -0.4 is 14.8 Å². The van der Waals surface area contributed by atoms with Crippen LogP contribution in [0.15, 0.2) is 24.3 Å². The number of rotatable bonds is 8. The third kappa shape index (κ3) is 5.41. The molecule has 1 aromatic carbocycles. The SMILES string of the molecule is CCOc1cccc(OC(C)CNC(C)CC)c1. The van der Waals surface area contributed by atoms with Crippen LogP contribution in [0.25, 0.3) is 0 Å². The molecule has 0 radical (unpaired) electrons. The highest BCUT2D eigenvalue weighted by Crippen LogP contribution is 2.20. The normalized spacial score (nSPS) is 14.0. The van der Waals surface area contributed by atoms with Gasteiger partial charge in [0, 0.05) is 18.7 Å². The van der Waals surface area contributed by atoms with Crippen molar-refractivity contribution in [2.45, 2.75) is 46.3 Å². The van der Waals surface area contributed by atoms with Gasteiger partial charge in [-0.3, -0.25) is 0 Å². The average Bonchev–Trinajstić information content (AvgIpc) is 2.37. The Hall–Kier alpha value is -1.22. The molecule has 0 saturated carbocycles. The number of ether oxygens (including phenoxy) is 2. The molecule has 0 bridgehead atoms. The molecule has 2 atom stereocenters. The van der Waals surface area contributed by atoms with Crippen molar-refractivity contribution in [1.82, 2.24) is 5.32 Å². The lowest BCUT2D eigenvalue weighted by molar-refractivity contribution is 0.211. The Labute approximate surface area is 110 Å². The number of hydrogen-bond donors (Lipinski definition) is 1. The first-order valence-electron chi connectivity index (χ1n) is 6.78. The van der Waals surface area contributed by atoms with E-state index in [2.05, 4.69) is 26.1 Å². The average molecular weight is 251 g/mol. The Bertz CT molecular complexity index is 341. The number of hydrogen-bond acceptors (Lipinski definition) is 3. The van der Waals surface area contributed by atoms with Gasteiger partial charge in [0.05, 0.1) is 6.61 Å². The molecule has 0 aliphatic heterocycles. The highest BCUT2D eigenvalue weighted by Gasteiger charge is 2.06. The molecular weight excluding hydrogens is 226 g/mol. The van der Waals surface area contributed by atoms with Gasteiger partial charge < -0.3 is 14.8 Å². The van der Waals surface area contributed by atoms with Crippen molar-refractivity contribution in [3.8, 4) is 11.5 Å². The monoisotopic (exact) mass is 251 g/mol. The minimum atomic E-state index is 0.149. The van der Waals surface area contributed by atoms with Crippen LogP contribution in [0.3, 0.4) is 0 Å². The summed E-state index contributed by atoms with van der Waals surface area (Å²) in [5.41, 5.74) is 0. The summed E-state index contributed by atoms with van der Waals surface area (Å²) in [6.45, 7) is 9.94. The van der Waals surface area contributed by atoms with Crippen LogP contribution >= 0.6 is 0 Å². The van der Waals surface area contributed by atoms with Crippen LogP contribution in [-0.4, -0.2) is 25.3 Å². The Balaban J connectivity index is 2.43. The van der Waals surface area contributed by atoms with Crippen molar-refractivity contribution in [1.29, 1.82) is 0 Å². The van der Waals surface area contributed by atoms with Gasteiger partial charge in [-0.2, -0.15) is 0 Å². The van der Waals surface area contributed by atoms with Gasteiger partial charge in [0.15, 0.2) is 0 Å². The lowest BCUT2D eigenvalue weighted by Gasteiger charge is -2.18. The van der Waals surface area contributed by atoms with E-state index in [0.717, 1.165) is 24.5 Å². The highest BCUT2D eigenvalue weighted by molar-refractivity contribution is 5.33. The molecule has 0 saturated heterocycles. The first-order valence-corrected chi connectivity index (χ1v) is 6.78. The Morgan fingerprint density at radius 2 is 1.89 bits per heavy atom. The third-order valence-electron chi connectivity index (χ3n) is 2.82. The second-order valence-electron chi connectivity index (χ2n) is 4.55. The van der Waals surface area contributed by atoms with E-state index in [4.69, 9.17) is 9.47 Å². The smallest absolute Gasteiger partial charge is 0.123 e. The van der Waals surface area contributed by atoms with Crippen molar-refractivity contribution in [3.05, 3.63) is 24.3 Å². The standard InChI is InChI=1S/C15H25NO2/c1-5-12(3)16-11-13(4)18-15-9-7-8-14(10-15)17-6-2/h7-10,12-13,16H,5-6,11H2,1-4H3. The summed E-state index contributed by atoms with van der Waals surface area (Å²) >= 11 is 0. The van der Waals surface area contributed by atoms with Gasteiger partial charge in [-0.05, 0) is 39.3 Å². The van der Waals surface area contributed by atoms with Gasteiger partial charge in [0.1, 0.15) is 17.6 Å². The molecule has 1 N–H and O–H groups in total. The summed E-state index contributed by atoms with van der Waals surface area (Å²) in [6.07, 6.45) is 1.28. The summed E-state index contributed by atoms with van der Waals surface area (Å²) < 4.78 is 11.3. The number of nitrogens with one attached hydrogen (secondary N) is 1. The molecule has 1 aromatic rings. The molecule has 102 valence electrons. The van der Waals surface area contributed by atoms with Gasteiger partial charge in [0.25, 0.3) is 0 Å². The second kappa shape index (κ2) is 7.98. The first kappa shape index (κ1) is 14.8. The quantitative estimate of drug-likeness (QED) is 0.769. The van der Waals surface area contributed by atoms with Crippen molar-refractivity contribution < 1.29 is 9.47 Å². The van der Waals surface area contributed by atoms with E-state index in [9.17, 15) is 0 Å². The Morgan fingerprint density at radius 3 is 2.56 bits per heavy atom. The summed E-state index contributed by atoms with van der Waals surface area (Å²) in [5, 5.41) is 3.44. The van der Waals surface area contributed by atoms with E-state index in [-0.39, 0.29) is 6.10 Å². The maximum Gasteiger partial charge on any atom is 0.123 e. The van der Waals surface area contributed by atoms with E-state index in [1.54, 1.807) is 0 Å². The topological polar surface area (TPSA) is 30.5 Å². The zero-order chi connectivity index (χ0) is 13.4. The molecule has 0 aliphatic rings. The fourth-order valence-electron chi connectivity index (χ4n) is 1.59.